The van der Waals surface area contributed by atoms with Gasteiger partial charge in [0.25, 0.3) is 5.91 Å². The summed E-state index contributed by atoms with van der Waals surface area (Å²) >= 11 is 0. The van der Waals surface area contributed by atoms with E-state index < -0.39 is 11.9 Å². The maximum atomic E-state index is 13.5. The summed E-state index contributed by atoms with van der Waals surface area (Å²) in [5, 5.41) is 12.6. The number of phenols is 1. The Morgan fingerprint density at radius 3 is 2.44 bits per heavy atom. The van der Waals surface area contributed by atoms with Gasteiger partial charge in [-0.1, -0.05) is 48.5 Å². The normalized spacial score (nSPS) is 25.6. The van der Waals surface area contributed by atoms with Gasteiger partial charge >= 0.3 is 0 Å². The number of carbonyl (C=O) groups excluding carboxylic acids is 4. The van der Waals surface area contributed by atoms with E-state index in [9.17, 15) is 24.3 Å². The van der Waals surface area contributed by atoms with Gasteiger partial charge in [-0.15, -0.1) is 0 Å². The van der Waals surface area contributed by atoms with E-state index in [0.717, 1.165) is 63.4 Å². The van der Waals surface area contributed by atoms with Gasteiger partial charge in [-0.3, -0.25) is 29.4 Å². The Labute approximate surface area is 343 Å². The first kappa shape index (κ1) is 36.2. The van der Waals surface area contributed by atoms with Gasteiger partial charge in [0.15, 0.2) is 0 Å². The van der Waals surface area contributed by atoms with Crippen molar-refractivity contribution in [3.05, 3.63) is 118 Å². The lowest BCUT2D eigenvalue weighted by atomic mass is 9.69. The summed E-state index contributed by atoms with van der Waals surface area (Å²) in [6.45, 7) is 6.90. The number of anilines is 2. The molecule has 0 saturated carbocycles. The molecule has 0 aromatic heterocycles. The maximum Gasteiger partial charge on any atom is 0.255 e. The van der Waals surface area contributed by atoms with Crippen LogP contribution in [0.3, 0.4) is 0 Å². The summed E-state index contributed by atoms with van der Waals surface area (Å²) in [6, 6.07) is 29.1. The van der Waals surface area contributed by atoms with Gasteiger partial charge in [-0.05, 0) is 89.4 Å². The molecule has 6 aliphatic heterocycles. The summed E-state index contributed by atoms with van der Waals surface area (Å²) < 4.78 is 6.22. The lowest BCUT2D eigenvalue weighted by Gasteiger charge is -2.61. The first-order valence-corrected chi connectivity index (χ1v) is 21.1. The van der Waals surface area contributed by atoms with Crippen molar-refractivity contribution in [2.24, 2.45) is 5.41 Å². The highest BCUT2D eigenvalue weighted by Gasteiger charge is 2.53. The Bertz CT molecular complexity index is 2370. The number of ether oxygens (including phenoxy) is 1. The number of imide groups is 1. The second-order valence-corrected chi connectivity index (χ2v) is 17.9. The number of piperazine rings is 1. The third kappa shape index (κ3) is 6.22. The number of piperidine rings is 1. The molecule has 2 N–H and O–H groups in total. The Balaban J connectivity index is 0.686. The van der Waals surface area contributed by atoms with E-state index in [1.165, 1.54) is 27.9 Å². The molecule has 3 unspecified atom stereocenters. The number of hydrogen-bond donors (Lipinski definition) is 2. The van der Waals surface area contributed by atoms with Crippen LogP contribution >= 0.6 is 0 Å². The molecule has 1 aliphatic carbocycles. The molecule has 7 aliphatic rings. The minimum Gasteiger partial charge on any atom is -0.508 e. The van der Waals surface area contributed by atoms with E-state index in [4.69, 9.17) is 4.74 Å². The van der Waals surface area contributed by atoms with E-state index in [2.05, 4.69) is 80.7 Å². The summed E-state index contributed by atoms with van der Waals surface area (Å²) in [4.78, 5) is 61.8. The number of aromatic hydroxyl groups is 1. The summed E-state index contributed by atoms with van der Waals surface area (Å²) in [6.07, 6.45) is 2.55. The number of aryl methyl sites for hydroxylation is 1. The van der Waals surface area contributed by atoms with Crippen molar-refractivity contribution in [3.8, 4) is 11.5 Å². The minimum atomic E-state index is -0.653. The lowest BCUT2D eigenvalue weighted by Crippen LogP contribution is -2.73. The van der Waals surface area contributed by atoms with E-state index in [-0.39, 0.29) is 41.5 Å². The number of likely N-dealkylation sites (tertiary alicyclic amines) is 1. The fourth-order valence-corrected chi connectivity index (χ4v) is 11.2. The molecular weight excluding hydrogens is 745 g/mol. The minimum absolute atomic E-state index is 0.0882. The highest BCUT2D eigenvalue weighted by Crippen LogP contribution is 2.48. The number of rotatable bonds is 6. The van der Waals surface area contributed by atoms with Crippen LogP contribution in [0, 0.1) is 5.41 Å². The second-order valence-electron chi connectivity index (χ2n) is 17.9. The molecule has 0 bridgehead atoms. The summed E-state index contributed by atoms with van der Waals surface area (Å²) in [7, 11) is 0. The largest absolute Gasteiger partial charge is 0.508 e. The molecule has 4 atom stereocenters. The Morgan fingerprint density at radius 2 is 1.64 bits per heavy atom. The molecule has 0 radical (unpaired) electrons. The van der Waals surface area contributed by atoms with Gasteiger partial charge in [-0.25, -0.2) is 0 Å². The third-order valence-corrected chi connectivity index (χ3v) is 14.2. The van der Waals surface area contributed by atoms with Crippen LogP contribution in [0.15, 0.2) is 84.9 Å². The predicted octanol–water partition coefficient (Wildman–Crippen LogP) is 4.25. The van der Waals surface area contributed by atoms with Crippen LogP contribution in [0.5, 0.6) is 11.5 Å². The fourth-order valence-electron chi connectivity index (χ4n) is 11.2. The van der Waals surface area contributed by atoms with Crippen LogP contribution in [0.25, 0.3) is 0 Å². The number of nitrogens with zero attached hydrogens (tertiary/aromatic N) is 5. The van der Waals surface area contributed by atoms with Crippen LogP contribution in [0.4, 0.5) is 11.4 Å². The van der Waals surface area contributed by atoms with Gasteiger partial charge in [0, 0.05) is 81.4 Å². The Kier molecular flexibility index (Phi) is 8.51. The zero-order chi connectivity index (χ0) is 40.0. The van der Waals surface area contributed by atoms with Gasteiger partial charge in [0.1, 0.15) is 24.1 Å². The van der Waals surface area contributed by atoms with Crippen molar-refractivity contribution in [2.75, 3.05) is 68.8 Å². The number of benzene rings is 4. The summed E-state index contributed by atoms with van der Waals surface area (Å²) in [5.41, 5.74) is 8.95. The Morgan fingerprint density at radius 1 is 0.831 bits per heavy atom. The smallest absolute Gasteiger partial charge is 0.255 e. The zero-order valence-electron chi connectivity index (χ0n) is 33.0. The van der Waals surface area contributed by atoms with E-state index >= 15 is 0 Å². The number of phenolic OH excluding ortho intramolecular Hbond substituents is 1. The number of carbonyl (C=O) groups is 4. The summed E-state index contributed by atoms with van der Waals surface area (Å²) in [5.74, 6) is 0.866. The van der Waals surface area contributed by atoms with Crippen LogP contribution in [0.1, 0.15) is 69.3 Å². The Hall–Kier alpha value is -5.88. The van der Waals surface area contributed by atoms with E-state index in [1.807, 2.05) is 29.2 Å². The highest BCUT2D eigenvalue weighted by molar-refractivity contribution is 6.06. The first-order chi connectivity index (χ1) is 28.7. The average molecular weight is 793 g/mol. The SMILES string of the molecule is O=C1CCC(N2Cc3cc4c(cc3C2=O)OC[C@@H]2CN(CC(=O)N3CC5(C3)CN(c3ccc(C6c7ccc(O)cc7CCC6c6ccccc6)cc3)C5)CCN42)C(=O)N1. The van der Waals surface area contributed by atoms with Crippen LogP contribution in [0.2, 0.25) is 0 Å². The topological polar surface area (TPSA) is 126 Å². The maximum absolute atomic E-state index is 13.5. The molecule has 12 nitrogen and oxygen atoms in total. The van der Waals surface area contributed by atoms with Crippen LogP contribution < -0.4 is 19.9 Å². The van der Waals surface area contributed by atoms with Gasteiger partial charge < -0.3 is 29.4 Å². The van der Waals surface area contributed by atoms with E-state index in [1.54, 1.807) is 4.90 Å². The molecule has 4 saturated heterocycles. The molecular formula is C47H48N6O6. The standard InChI is InChI=1S/C47H48N6O6/c54-35-11-13-37-31(18-35)8-12-36(29-4-2-1-3-5-29)44(37)30-6-9-33(10-7-30)50-25-47(26-50)27-51(28-47)43(56)23-49-16-17-52-34(22-49)24-59-41-20-38-32(19-40(41)52)21-53(46(38)58)39-14-15-42(55)48-45(39)57/h1-7,9-11,13,18-20,34,36,39,44,54H,8,12,14-17,21-28H2,(H,48,55,57)/t34-,36?,39?,44?/m0/s1. The van der Waals surface area contributed by atoms with Gasteiger partial charge in [0.2, 0.25) is 17.7 Å². The molecule has 4 aromatic rings. The molecule has 4 fully saturated rings. The predicted molar refractivity (Wildman–Crippen MR) is 221 cm³/mol. The van der Waals surface area contributed by atoms with Gasteiger partial charge in [-0.2, -0.15) is 0 Å². The molecule has 6 heterocycles. The monoisotopic (exact) mass is 792 g/mol. The van der Waals surface area contributed by atoms with Crippen molar-refractivity contribution >= 4 is 35.0 Å². The molecule has 11 rings (SSSR count). The number of fused-ring (bicyclic) bond motifs is 5. The highest BCUT2D eigenvalue weighted by atomic mass is 16.5. The van der Waals surface area contributed by atoms with Crippen molar-refractivity contribution < 1.29 is 29.0 Å². The average Bonchev–Trinajstić information content (AvgIpc) is 3.53. The first-order valence-electron chi connectivity index (χ1n) is 21.1. The fraction of sp³-hybridized carbons (Fsp3) is 0.404. The second kappa shape index (κ2) is 13.9. The number of amides is 4. The van der Waals surface area contributed by atoms with Crippen LogP contribution in [-0.4, -0.2) is 114 Å². The van der Waals surface area contributed by atoms with Crippen molar-refractivity contribution in [1.82, 2.24) is 20.0 Å². The van der Waals surface area contributed by atoms with E-state index in [0.29, 0.717) is 55.6 Å². The molecule has 4 amide bonds. The van der Waals surface area contributed by atoms with Crippen molar-refractivity contribution in [3.63, 3.8) is 0 Å². The zero-order valence-corrected chi connectivity index (χ0v) is 33.0. The quantitative estimate of drug-likeness (QED) is 0.276. The molecule has 59 heavy (non-hydrogen) atoms. The van der Waals surface area contributed by atoms with Crippen molar-refractivity contribution in [2.45, 2.75) is 56.1 Å². The van der Waals surface area contributed by atoms with Crippen molar-refractivity contribution in [1.29, 1.82) is 0 Å². The van der Waals surface area contributed by atoms with Gasteiger partial charge in [0.05, 0.1) is 18.3 Å². The lowest BCUT2D eigenvalue weighted by molar-refractivity contribution is -0.146. The third-order valence-electron chi connectivity index (χ3n) is 14.2. The number of nitrogens with one attached hydrogen (secondary N) is 1. The van der Waals surface area contributed by atoms with Crippen LogP contribution in [-0.2, 0) is 27.3 Å². The number of hydrogen-bond acceptors (Lipinski definition) is 9. The molecule has 4 aromatic carbocycles. The molecule has 12 heteroatoms. The molecule has 302 valence electrons. The molecule has 1 spiro atoms.